The minimum atomic E-state index is -1.50. The lowest BCUT2D eigenvalue weighted by Gasteiger charge is -2.30. The summed E-state index contributed by atoms with van der Waals surface area (Å²) in [6, 6.07) is 20.7. The summed E-state index contributed by atoms with van der Waals surface area (Å²) in [4.78, 5) is 12.7. The maximum atomic E-state index is 6.65. The number of nitrogens with zero attached hydrogens (tertiary/aromatic N) is 4. The normalized spacial score (nSPS) is 20.1. The lowest BCUT2D eigenvalue weighted by molar-refractivity contribution is -0.199. The Morgan fingerprint density at radius 2 is 1.74 bits per heavy atom. The number of ether oxygens (including phenoxy) is 2. The number of anilines is 2. The van der Waals surface area contributed by atoms with Gasteiger partial charge in [-0.15, -0.1) is 0 Å². The topological polar surface area (TPSA) is 123 Å². The van der Waals surface area contributed by atoms with Gasteiger partial charge in [0.2, 0.25) is 5.95 Å². The number of nitrogen functional groups attached to an aromatic ring is 2. The molecule has 2 aromatic heterocycles. The summed E-state index contributed by atoms with van der Waals surface area (Å²) in [5.74, 6) is -0.543. The summed E-state index contributed by atoms with van der Waals surface area (Å²) in [5.41, 5.74) is 12.8. The highest BCUT2D eigenvalue weighted by atomic mass is 28.3. The third-order valence-corrected chi connectivity index (χ3v) is 8.18. The Bertz CT molecular complexity index is 1230. The van der Waals surface area contributed by atoms with Crippen molar-refractivity contribution >= 4 is 42.3 Å². The van der Waals surface area contributed by atoms with Gasteiger partial charge in [0, 0.05) is 6.42 Å². The molecule has 2 unspecified atom stereocenters. The van der Waals surface area contributed by atoms with Crippen LogP contribution in [-0.4, -0.2) is 47.6 Å². The number of imidazole rings is 1. The van der Waals surface area contributed by atoms with E-state index in [2.05, 4.69) is 46.1 Å². The molecule has 10 heteroatoms. The van der Waals surface area contributed by atoms with Crippen molar-refractivity contribution < 1.29 is 13.9 Å². The first-order chi connectivity index (χ1) is 17.1. The number of hydrogen-bond donors (Lipinski definition) is 2. The average Bonchev–Trinajstić information content (AvgIpc) is 3.49. The van der Waals surface area contributed by atoms with Crippen molar-refractivity contribution in [2.45, 2.75) is 38.2 Å². The smallest absolute Gasteiger partial charge is 0.283 e. The third kappa shape index (κ3) is 4.91. The summed E-state index contributed by atoms with van der Waals surface area (Å²) in [6.45, 7) is 2.80. The van der Waals surface area contributed by atoms with Crippen molar-refractivity contribution in [2.24, 2.45) is 0 Å². The van der Waals surface area contributed by atoms with Crippen LogP contribution in [0.5, 0.6) is 0 Å². The number of unbranched alkanes of at least 4 members (excludes halogenated alkanes) is 1. The molecule has 0 amide bonds. The quantitative estimate of drug-likeness (QED) is 0.343. The molecule has 1 aliphatic heterocycles. The van der Waals surface area contributed by atoms with Crippen molar-refractivity contribution in [1.82, 2.24) is 19.5 Å². The number of aromatic nitrogens is 4. The molecule has 9 nitrogen and oxygen atoms in total. The van der Waals surface area contributed by atoms with Crippen molar-refractivity contribution in [3.63, 3.8) is 0 Å². The van der Waals surface area contributed by atoms with E-state index >= 15 is 0 Å². The summed E-state index contributed by atoms with van der Waals surface area (Å²) >= 11 is 0. The fraction of sp³-hybridized carbons (Fsp3) is 0.320. The van der Waals surface area contributed by atoms with Gasteiger partial charge in [-0.25, -0.2) is 4.98 Å². The Balaban J connectivity index is 1.40. The molecule has 5 rings (SSSR count). The molecule has 1 aliphatic rings. The average molecular weight is 490 g/mol. The fourth-order valence-electron chi connectivity index (χ4n) is 4.26. The van der Waals surface area contributed by atoms with Crippen molar-refractivity contribution in [1.29, 1.82) is 0 Å². The summed E-state index contributed by atoms with van der Waals surface area (Å²) < 4.78 is 21.3. The van der Waals surface area contributed by atoms with Gasteiger partial charge in [-0.05, 0) is 16.8 Å². The van der Waals surface area contributed by atoms with Gasteiger partial charge in [-0.3, -0.25) is 4.57 Å². The van der Waals surface area contributed by atoms with E-state index in [1.807, 2.05) is 36.4 Å². The highest BCUT2D eigenvalue weighted by molar-refractivity contribution is 6.80. The SMILES string of the molecule is CCCCC1(CO[Si](c2ccccc2)c2ccccc2)OCC(n2cnc3c(N)nc(N)nc32)O1. The minimum absolute atomic E-state index is 0.0919. The number of fused-ring (bicyclic) bond motifs is 1. The number of hydrogen-bond acceptors (Lipinski definition) is 8. The Morgan fingerprint density at radius 1 is 1.06 bits per heavy atom. The Hall–Kier alpha value is -3.31. The summed E-state index contributed by atoms with van der Waals surface area (Å²) in [7, 11) is -1.50. The maximum Gasteiger partial charge on any atom is 0.283 e. The minimum Gasteiger partial charge on any atom is -0.402 e. The molecule has 0 aliphatic carbocycles. The van der Waals surface area contributed by atoms with Gasteiger partial charge in [0.15, 0.2) is 23.5 Å². The second kappa shape index (κ2) is 10.1. The van der Waals surface area contributed by atoms with E-state index in [0.717, 1.165) is 12.8 Å². The van der Waals surface area contributed by atoms with Crippen LogP contribution in [-0.2, 0) is 13.9 Å². The predicted molar refractivity (Wildman–Crippen MR) is 136 cm³/mol. The molecule has 2 atom stereocenters. The van der Waals surface area contributed by atoms with Crippen LogP contribution >= 0.6 is 0 Å². The first-order valence-electron chi connectivity index (χ1n) is 11.8. The van der Waals surface area contributed by atoms with E-state index in [1.54, 1.807) is 10.9 Å². The van der Waals surface area contributed by atoms with Gasteiger partial charge in [0.1, 0.15) is 5.52 Å². The van der Waals surface area contributed by atoms with Gasteiger partial charge < -0.3 is 25.4 Å². The monoisotopic (exact) mass is 489 g/mol. The van der Waals surface area contributed by atoms with Crippen LogP contribution in [0, 0.1) is 0 Å². The van der Waals surface area contributed by atoms with E-state index in [-0.39, 0.29) is 11.8 Å². The second-order valence-corrected chi connectivity index (χ2v) is 10.6. The van der Waals surface area contributed by atoms with E-state index in [9.17, 15) is 0 Å². The van der Waals surface area contributed by atoms with E-state index in [0.29, 0.717) is 30.8 Å². The third-order valence-electron chi connectivity index (χ3n) is 6.04. The van der Waals surface area contributed by atoms with Crippen LogP contribution < -0.4 is 21.8 Å². The first-order valence-corrected chi connectivity index (χ1v) is 13.2. The molecular formula is C25H29N6O3Si. The van der Waals surface area contributed by atoms with Gasteiger partial charge in [0.05, 0.1) is 19.5 Å². The van der Waals surface area contributed by atoms with Crippen LogP contribution in [0.25, 0.3) is 11.2 Å². The standard InChI is InChI=1S/C25H29N6O3Si/c1-2-3-14-25(16-33-35(18-10-6-4-7-11-18)19-12-8-5-9-13-19)32-15-20(34-25)31-17-28-21-22(26)29-24(27)30-23(21)31/h4-13,17,20H,2-3,14-16H2,1H3,(H4,26,27,29,30). The van der Waals surface area contributed by atoms with Crippen LogP contribution in [0.2, 0.25) is 0 Å². The molecule has 3 heterocycles. The molecule has 0 saturated carbocycles. The van der Waals surface area contributed by atoms with Crippen LogP contribution in [0.1, 0.15) is 32.4 Å². The molecule has 0 bridgehead atoms. The van der Waals surface area contributed by atoms with Crippen LogP contribution in [0.15, 0.2) is 67.0 Å². The molecule has 181 valence electrons. The molecule has 0 spiro atoms. The summed E-state index contributed by atoms with van der Waals surface area (Å²) in [6.07, 6.45) is 3.89. The van der Waals surface area contributed by atoms with E-state index < -0.39 is 21.1 Å². The fourth-order valence-corrected chi connectivity index (χ4v) is 6.28. The van der Waals surface area contributed by atoms with Crippen LogP contribution in [0.4, 0.5) is 11.8 Å². The molecule has 1 radical (unpaired) electrons. The molecular weight excluding hydrogens is 460 g/mol. The second-order valence-electron chi connectivity index (χ2n) is 8.54. The molecule has 1 saturated heterocycles. The van der Waals surface area contributed by atoms with Gasteiger partial charge in [0.25, 0.3) is 9.04 Å². The molecule has 1 fully saturated rings. The Morgan fingerprint density at radius 3 is 2.40 bits per heavy atom. The number of rotatable bonds is 9. The molecule has 2 aromatic carbocycles. The zero-order valence-corrected chi connectivity index (χ0v) is 20.6. The van der Waals surface area contributed by atoms with Crippen molar-refractivity contribution in [2.75, 3.05) is 24.7 Å². The lowest BCUT2D eigenvalue weighted by atomic mass is 10.1. The highest BCUT2D eigenvalue weighted by Crippen LogP contribution is 2.36. The van der Waals surface area contributed by atoms with Crippen molar-refractivity contribution in [3.8, 4) is 0 Å². The highest BCUT2D eigenvalue weighted by Gasteiger charge is 2.43. The maximum absolute atomic E-state index is 6.65. The predicted octanol–water partition coefficient (Wildman–Crippen LogP) is 2.25. The van der Waals surface area contributed by atoms with Crippen LogP contribution in [0.3, 0.4) is 0 Å². The Kier molecular flexibility index (Phi) is 6.78. The zero-order chi connectivity index (χ0) is 24.3. The molecule has 4 aromatic rings. The summed E-state index contributed by atoms with van der Waals surface area (Å²) in [5, 5.41) is 2.35. The van der Waals surface area contributed by atoms with Gasteiger partial charge in [-0.2, -0.15) is 9.97 Å². The Labute approximate surface area is 205 Å². The van der Waals surface area contributed by atoms with E-state index in [1.165, 1.54) is 10.4 Å². The molecule has 4 N–H and O–H groups in total. The number of nitrogens with two attached hydrogens (primary N) is 2. The largest absolute Gasteiger partial charge is 0.402 e. The van der Waals surface area contributed by atoms with Crippen molar-refractivity contribution in [3.05, 3.63) is 67.0 Å². The molecule has 35 heavy (non-hydrogen) atoms. The number of benzene rings is 2. The first kappa shape index (κ1) is 23.4. The zero-order valence-electron chi connectivity index (χ0n) is 19.6. The van der Waals surface area contributed by atoms with Gasteiger partial charge in [-0.1, -0.05) is 74.0 Å². The van der Waals surface area contributed by atoms with E-state index in [4.69, 9.17) is 25.4 Å². The lowest BCUT2D eigenvalue weighted by Crippen LogP contribution is -2.49. The van der Waals surface area contributed by atoms with Gasteiger partial charge >= 0.3 is 0 Å².